The number of urea groups is 1. The number of rotatable bonds is 10. The predicted molar refractivity (Wildman–Crippen MR) is 165 cm³/mol. The van der Waals surface area contributed by atoms with E-state index in [-0.39, 0.29) is 24.0 Å². The molecule has 3 amide bonds. The molecule has 42 heavy (non-hydrogen) atoms. The molecule has 2 fully saturated rings. The number of nitrogens with zero attached hydrogens (tertiary/aromatic N) is 3. The van der Waals surface area contributed by atoms with Crippen molar-refractivity contribution in [3.63, 3.8) is 0 Å². The minimum Gasteiger partial charge on any atom is -0.495 e. The van der Waals surface area contributed by atoms with Gasteiger partial charge in [0.2, 0.25) is 5.91 Å². The van der Waals surface area contributed by atoms with Crippen molar-refractivity contribution >= 4 is 57.5 Å². The highest BCUT2D eigenvalue weighted by Gasteiger charge is 2.36. The first-order chi connectivity index (χ1) is 20.3. The Morgan fingerprint density at radius 1 is 1.10 bits per heavy atom. The molecule has 0 radical (unpaired) electrons. The van der Waals surface area contributed by atoms with E-state index in [4.69, 9.17) is 37.7 Å². The number of likely N-dealkylation sites (tertiary alicyclic amines) is 1. The molecule has 222 valence electrons. The van der Waals surface area contributed by atoms with E-state index >= 15 is 0 Å². The van der Waals surface area contributed by atoms with Gasteiger partial charge < -0.3 is 35.6 Å². The average Bonchev–Trinajstić information content (AvgIpc) is 3.75. The van der Waals surface area contributed by atoms with Crippen LogP contribution in [0.3, 0.4) is 0 Å². The number of methoxy groups -OCH3 is 2. The summed E-state index contributed by atoms with van der Waals surface area (Å²) in [6.07, 6.45) is 5.30. The Morgan fingerprint density at radius 3 is 2.40 bits per heavy atom. The molecule has 4 N–H and O–H groups in total. The molecule has 5 rings (SSSR count). The largest absolute Gasteiger partial charge is 0.495 e. The molecular formula is C29H33Cl2N7O4. The number of aromatic nitrogens is 2. The number of pyridine rings is 2. The maximum absolute atomic E-state index is 12.3. The Balaban J connectivity index is 1.53. The fourth-order valence-electron chi connectivity index (χ4n) is 5.01. The molecule has 13 heteroatoms. The highest BCUT2D eigenvalue weighted by atomic mass is 35.5. The summed E-state index contributed by atoms with van der Waals surface area (Å²) in [6, 6.07) is 4.57. The van der Waals surface area contributed by atoms with Crippen LogP contribution in [-0.4, -0.2) is 79.8 Å². The number of benzene rings is 1. The van der Waals surface area contributed by atoms with Crippen LogP contribution in [0.4, 0.5) is 16.4 Å². The minimum absolute atomic E-state index is 0.224. The van der Waals surface area contributed by atoms with E-state index < -0.39 is 0 Å². The molecule has 1 saturated heterocycles. The third-order valence-corrected chi connectivity index (χ3v) is 8.22. The van der Waals surface area contributed by atoms with Gasteiger partial charge in [-0.15, -0.1) is 0 Å². The molecule has 3 aromatic rings. The Hall–Kier alpha value is -3.96. The van der Waals surface area contributed by atoms with Gasteiger partial charge in [-0.05, 0) is 37.0 Å². The average molecular weight is 615 g/mol. The van der Waals surface area contributed by atoms with Crippen LogP contribution in [0.2, 0.25) is 10.0 Å². The molecule has 2 aliphatic rings. The van der Waals surface area contributed by atoms with E-state index in [9.17, 15) is 9.59 Å². The highest BCUT2D eigenvalue weighted by molar-refractivity contribution is 6.41. The van der Waals surface area contributed by atoms with Crippen molar-refractivity contribution in [3.8, 4) is 22.8 Å². The van der Waals surface area contributed by atoms with E-state index in [1.165, 1.54) is 33.1 Å². The lowest BCUT2D eigenvalue weighted by atomic mass is 10.1. The molecule has 1 aliphatic heterocycles. The normalized spacial score (nSPS) is 18.0. The molecule has 1 aliphatic carbocycles. The van der Waals surface area contributed by atoms with E-state index in [1.54, 1.807) is 24.2 Å². The van der Waals surface area contributed by atoms with Crippen LogP contribution in [0.15, 0.2) is 37.1 Å². The van der Waals surface area contributed by atoms with Crippen LogP contribution >= 0.6 is 23.2 Å². The fraction of sp³-hybridized carbons (Fsp3) is 0.379. The lowest BCUT2D eigenvalue weighted by Gasteiger charge is -2.21. The first kappa shape index (κ1) is 29.5. The zero-order valence-electron chi connectivity index (χ0n) is 23.6. The Morgan fingerprint density at radius 2 is 1.79 bits per heavy atom. The molecule has 2 atom stereocenters. The lowest BCUT2D eigenvalue weighted by molar-refractivity contribution is -0.117. The van der Waals surface area contributed by atoms with E-state index in [1.807, 2.05) is 12.1 Å². The monoisotopic (exact) mass is 613 g/mol. The van der Waals surface area contributed by atoms with Crippen molar-refractivity contribution in [3.05, 3.63) is 47.1 Å². The Kier molecular flexibility index (Phi) is 8.79. The van der Waals surface area contributed by atoms with Gasteiger partial charge in [-0.2, -0.15) is 0 Å². The molecule has 0 unspecified atom stereocenters. The number of carbonyl (C=O) groups is 2. The zero-order chi connectivity index (χ0) is 30.0. The lowest BCUT2D eigenvalue weighted by Crippen LogP contribution is -2.45. The maximum Gasteiger partial charge on any atom is 0.317 e. The van der Waals surface area contributed by atoms with E-state index in [0.29, 0.717) is 63.4 Å². The molecule has 1 saturated carbocycles. The van der Waals surface area contributed by atoms with Gasteiger partial charge in [0.15, 0.2) is 0 Å². The van der Waals surface area contributed by atoms with E-state index in [0.717, 1.165) is 17.3 Å². The molecule has 2 aromatic heterocycles. The SMILES string of the molecule is C=CC(=O)N[C@H]1CN(C(=O)NC)C[C@H]1Nc1cc2c(NCC3CC3)nc(-c3c(Cl)c(OC)cc(OC)c3Cl)cc2cn1. The quantitative estimate of drug-likeness (QED) is 0.245. The highest BCUT2D eigenvalue weighted by Crippen LogP contribution is 2.46. The summed E-state index contributed by atoms with van der Waals surface area (Å²) in [4.78, 5) is 35.7. The number of hydrogen-bond donors (Lipinski definition) is 4. The van der Waals surface area contributed by atoms with Crippen LogP contribution in [0.25, 0.3) is 22.0 Å². The van der Waals surface area contributed by atoms with Gasteiger partial charge in [0, 0.05) is 55.3 Å². The van der Waals surface area contributed by atoms with Crippen molar-refractivity contribution in [2.75, 3.05) is 51.5 Å². The number of ether oxygens (including phenoxy) is 2. The van der Waals surface area contributed by atoms with Crippen molar-refractivity contribution in [2.24, 2.45) is 5.92 Å². The topological polar surface area (TPSA) is 130 Å². The minimum atomic E-state index is -0.342. The first-order valence-electron chi connectivity index (χ1n) is 13.6. The number of amides is 3. The summed E-state index contributed by atoms with van der Waals surface area (Å²) in [5, 5.41) is 14.8. The number of nitrogens with one attached hydrogen (secondary N) is 4. The van der Waals surface area contributed by atoms with Crippen molar-refractivity contribution < 1.29 is 19.1 Å². The van der Waals surface area contributed by atoms with Crippen molar-refractivity contribution in [2.45, 2.75) is 24.9 Å². The summed E-state index contributed by atoms with van der Waals surface area (Å²) in [7, 11) is 4.63. The summed E-state index contributed by atoms with van der Waals surface area (Å²) in [5.41, 5.74) is 1.04. The molecule has 0 spiro atoms. The standard InChI is InChI=1S/C29H33Cl2N7O4/c1-5-24(39)36-20-14-38(29(40)32-2)13-19(20)35-23-9-17-16(12-33-23)8-18(37-28(17)34-11-15-6-7-15)25-26(30)21(41-3)10-22(42-4)27(25)31/h5,8-10,12,15,19-20H,1,6-7,11,13-14H2,2-4H3,(H,32,40)(H,33,35)(H,34,37)(H,36,39)/t19-,20+/m1/s1. The van der Waals surface area contributed by atoms with Gasteiger partial charge in [0.1, 0.15) is 23.1 Å². The summed E-state index contributed by atoms with van der Waals surface area (Å²) in [5.74, 6) is 2.35. The van der Waals surface area contributed by atoms with Crippen molar-refractivity contribution in [1.82, 2.24) is 25.5 Å². The number of hydrogen-bond acceptors (Lipinski definition) is 8. The number of anilines is 2. The molecule has 11 nitrogen and oxygen atoms in total. The molecule has 1 aromatic carbocycles. The van der Waals surface area contributed by atoms with Crippen LogP contribution in [0, 0.1) is 5.92 Å². The summed E-state index contributed by atoms with van der Waals surface area (Å²) >= 11 is 13.4. The van der Waals surface area contributed by atoms with Crippen LogP contribution in [0.1, 0.15) is 12.8 Å². The number of carbonyl (C=O) groups excluding carboxylic acids is 2. The maximum atomic E-state index is 12.3. The summed E-state index contributed by atoms with van der Waals surface area (Å²) in [6.45, 7) is 5.03. The smallest absolute Gasteiger partial charge is 0.317 e. The van der Waals surface area contributed by atoms with E-state index in [2.05, 4.69) is 32.8 Å². The number of halogens is 2. The van der Waals surface area contributed by atoms with Gasteiger partial charge in [-0.25, -0.2) is 14.8 Å². The second kappa shape index (κ2) is 12.5. The Labute approximate surface area is 253 Å². The van der Waals surface area contributed by atoms with Gasteiger partial charge in [0.25, 0.3) is 0 Å². The number of fused-ring (bicyclic) bond motifs is 1. The second-order valence-electron chi connectivity index (χ2n) is 10.3. The summed E-state index contributed by atoms with van der Waals surface area (Å²) < 4.78 is 10.9. The van der Waals surface area contributed by atoms with Gasteiger partial charge in [-0.1, -0.05) is 29.8 Å². The van der Waals surface area contributed by atoms with Crippen LogP contribution < -0.4 is 30.7 Å². The molecule has 3 heterocycles. The third-order valence-electron chi connectivity index (χ3n) is 7.47. The fourth-order valence-corrected chi connectivity index (χ4v) is 5.71. The van der Waals surface area contributed by atoms with Gasteiger partial charge in [0.05, 0.1) is 42.0 Å². The van der Waals surface area contributed by atoms with Gasteiger partial charge in [-0.3, -0.25) is 4.79 Å². The zero-order valence-corrected chi connectivity index (χ0v) is 25.1. The second-order valence-corrected chi connectivity index (χ2v) is 11.0. The molecular weight excluding hydrogens is 581 g/mol. The third kappa shape index (κ3) is 6.12. The van der Waals surface area contributed by atoms with Gasteiger partial charge >= 0.3 is 6.03 Å². The van der Waals surface area contributed by atoms with Crippen LogP contribution in [0.5, 0.6) is 11.5 Å². The molecule has 0 bridgehead atoms. The Bertz CT molecular complexity index is 1500. The predicted octanol–water partition coefficient (Wildman–Crippen LogP) is 4.55. The first-order valence-corrected chi connectivity index (χ1v) is 14.3. The van der Waals surface area contributed by atoms with Crippen LogP contribution in [-0.2, 0) is 4.79 Å². The van der Waals surface area contributed by atoms with Crippen molar-refractivity contribution in [1.29, 1.82) is 0 Å².